The number of carbonyl (C=O) groups is 2. The van der Waals surface area contributed by atoms with Crippen molar-refractivity contribution in [2.75, 3.05) is 16.8 Å². The number of hydrogen-bond acceptors (Lipinski definition) is 6. The summed E-state index contributed by atoms with van der Waals surface area (Å²) in [5, 5.41) is 13.5. The van der Waals surface area contributed by atoms with E-state index in [-0.39, 0.29) is 18.4 Å². The second-order valence-corrected chi connectivity index (χ2v) is 9.60. The first-order chi connectivity index (χ1) is 17.5. The van der Waals surface area contributed by atoms with E-state index in [1.54, 1.807) is 4.68 Å². The number of aromatic nitrogens is 4. The highest BCUT2D eigenvalue weighted by molar-refractivity contribution is 7.14. The molecule has 0 bridgehead atoms. The van der Waals surface area contributed by atoms with Crippen LogP contribution in [0.4, 0.5) is 10.8 Å². The summed E-state index contributed by atoms with van der Waals surface area (Å²) in [6.07, 6.45) is 0.792. The van der Waals surface area contributed by atoms with Gasteiger partial charge in [0.1, 0.15) is 12.1 Å². The fourth-order valence-corrected chi connectivity index (χ4v) is 5.23. The molecule has 1 aliphatic rings. The van der Waals surface area contributed by atoms with E-state index in [0.717, 1.165) is 45.5 Å². The van der Waals surface area contributed by atoms with Crippen molar-refractivity contribution >= 4 is 45.0 Å². The van der Waals surface area contributed by atoms with Crippen LogP contribution in [0.15, 0.2) is 72.1 Å². The van der Waals surface area contributed by atoms with Crippen LogP contribution >= 0.6 is 11.3 Å². The van der Waals surface area contributed by atoms with Gasteiger partial charge >= 0.3 is 0 Å². The van der Waals surface area contributed by atoms with Gasteiger partial charge in [-0.05, 0) is 55.3 Å². The fraction of sp³-hybridized carbons (Fsp3) is 0.148. The maximum absolute atomic E-state index is 13.1. The Balaban J connectivity index is 1.16. The Morgan fingerprint density at radius 3 is 2.83 bits per heavy atom. The fourth-order valence-electron chi connectivity index (χ4n) is 4.50. The third-order valence-electron chi connectivity index (χ3n) is 6.25. The van der Waals surface area contributed by atoms with Crippen molar-refractivity contribution in [1.82, 2.24) is 20.0 Å². The van der Waals surface area contributed by atoms with Crippen LogP contribution in [0.1, 0.15) is 21.5 Å². The third-order valence-corrected chi connectivity index (χ3v) is 7.00. The average molecular weight is 495 g/mol. The zero-order valence-corrected chi connectivity index (χ0v) is 20.3. The van der Waals surface area contributed by atoms with Crippen LogP contribution in [-0.2, 0) is 17.8 Å². The molecule has 0 atom stereocenters. The Morgan fingerprint density at radius 2 is 1.94 bits per heavy atom. The predicted octanol–water partition coefficient (Wildman–Crippen LogP) is 4.70. The number of hydrogen-bond donors (Lipinski definition) is 1. The van der Waals surface area contributed by atoms with E-state index in [1.165, 1.54) is 11.3 Å². The standard InChI is InChI=1S/C27H22N6O2S/c1-17-5-4-6-20(13-17)26(35)32-12-11-19-14-18(9-10-23(19)32)22-16-36-27(28-22)29-25(34)15-33-24-8-3-2-7-21(24)30-31-33/h2-10,13-14,16H,11-12,15H2,1H3,(H,28,29,34). The molecule has 0 saturated heterocycles. The number of anilines is 2. The minimum atomic E-state index is -0.217. The molecule has 8 nitrogen and oxygen atoms in total. The molecule has 6 rings (SSSR count). The number of nitrogens with zero attached hydrogens (tertiary/aromatic N) is 5. The summed E-state index contributed by atoms with van der Waals surface area (Å²) in [6.45, 7) is 2.70. The lowest BCUT2D eigenvalue weighted by atomic mass is 10.1. The van der Waals surface area contributed by atoms with Crippen LogP contribution in [0.25, 0.3) is 22.3 Å². The lowest BCUT2D eigenvalue weighted by Gasteiger charge is -2.18. The molecule has 2 aromatic heterocycles. The topological polar surface area (TPSA) is 93.0 Å². The summed E-state index contributed by atoms with van der Waals surface area (Å²) in [5.74, 6) is -0.199. The van der Waals surface area contributed by atoms with Crippen LogP contribution in [0, 0.1) is 6.92 Å². The van der Waals surface area contributed by atoms with Gasteiger partial charge in [0.2, 0.25) is 5.91 Å². The highest BCUT2D eigenvalue weighted by Crippen LogP contribution is 2.34. The van der Waals surface area contributed by atoms with E-state index in [1.807, 2.05) is 77.9 Å². The largest absolute Gasteiger partial charge is 0.308 e. The minimum Gasteiger partial charge on any atom is -0.308 e. The van der Waals surface area contributed by atoms with Gasteiger partial charge in [0, 0.05) is 28.7 Å². The Labute approximate surface area is 211 Å². The van der Waals surface area contributed by atoms with E-state index in [9.17, 15) is 9.59 Å². The molecule has 36 heavy (non-hydrogen) atoms. The van der Waals surface area contributed by atoms with Gasteiger partial charge < -0.3 is 10.2 Å². The molecule has 9 heteroatoms. The van der Waals surface area contributed by atoms with E-state index in [0.29, 0.717) is 17.2 Å². The molecule has 0 radical (unpaired) electrons. The summed E-state index contributed by atoms with van der Waals surface area (Å²) in [5.41, 5.74) is 7.12. The van der Waals surface area contributed by atoms with Gasteiger partial charge in [-0.3, -0.25) is 9.59 Å². The first kappa shape index (κ1) is 22.1. The molecule has 1 aliphatic heterocycles. The van der Waals surface area contributed by atoms with Gasteiger partial charge in [-0.25, -0.2) is 9.67 Å². The van der Waals surface area contributed by atoms with Gasteiger partial charge in [0.15, 0.2) is 5.13 Å². The van der Waals surface area contributed by atoms with Crippen molar-refractivity contribution in [2.45, 2.75) is 19.9 Å². The zero-order valence-electron chi connectivity index (χ0n) is 19.5. The first-order valence-electron chi connectivity index (χ1n) is 11.6. The molecular formula is C27H22N6O2S. The normalized spacial score (nSPS) is 12.6. The van der Waals surface area contributed by atoms with E-state index < -0.39 is 0 Å². The molecule has 0 spiro atoms. The van der Waals surface area contributed by atoms with Crippen LogP contribution in [0.3, 0.4) is 0 Å². The number of nitrogens with one attached hydrogen (secondary N) is 1. The first-order valence-corrected chi connectivity index (χ1v) is 12.5. The Morgan fingerprint density at radius 1 is 1.06 bits per heavy atom. The number of benzene rings is 3. The highest BCUT2D eigenvalue weighted by atomic mass is 32.1. The Kier molecular flexibility index (Phi) is 5.54. The zero-order chi connectivity index (χ0) is 24.6. The molecule has 0 fully saturated rings. The molecule has 5 aromatic rings. The molecule has 0 aliphatic carbocycles. The van der Waals surface area contributed by atoms with E-state index in [4.69, 9.17) is 0 Å². The van der Waals surface area contributed by atoms with Gasteiger partial charge in [0.05, 0.1) is 11.2 Å². The summed E-state index contributed by atoms with van der Waals surface area (Å²) in [4.78, 5) is 32.1. The lowest BCUT2D eigenvalue weighted by molar-refractivity contribution is -0.116. The smallest absolute Gasteiger partial charge is 0.258 e. The molecular weight excluding hydrogens is 472 g/mol. The van der Waals surface area contributed by atoms with E-state index >= 15 is 0 Å². The van der Waals surface area contributed by atoms with Gasteiger partial charge in [-0.15, -0.1) is 16.4 Å². The molecule has 178 valence electrons. The van der Waals surface area contributed by atoms with Crippen molar-refractivity contribution in [3.63, 3.8) is 0 Å². The van der Waals surface area contributed by atoms with Crippen molar-refractivity contribution in [1.29, 1.82) is 0 Å². The SMILES string of the molecule is Cc1cccc(C(=O)N2CCc3cc(-c4csc(NC(=O)Cn5nnc6ccccc65)n4)ccc32)c1. The maximum Gasteiger partial charge on any atom is 0.258 e. The number of para-hydroxylation sites is 1. The minimum absolute atomic E-state index is 0.0176. The van der Waals surface area contributed by atoms with Gasteiger partial charge in [-0.1, -0.05) is 41.1 Å². The number of rotatable bonds is 5. The number of aryl methyl sites for hydroxylation is 1. The average Bonchev–Trinajstić information content (AvgIpc) is 3.62. The van der Waals surface area contributed by atoms with Crippen LogP contribution in [0.2, 0.25) is 0 Å². The second kappa shape index (κ2) is 9.01. The summed E-state index contributed by atoms with van der Waals surface area (Å²) in [6, 6.07) is 21.2. The van der Waals surface area contributed by atoms with E-state index in [2.05, 4.69) is 26.7 Å². The molecule has 0 unspecified atom stereocenters. The monoisotopic (exact) mass is 494 g/mol. The Hall–Kier alpha value is -4.37. The number of fused-ring (bicyclic) bond motifs is 2. The molecule has 3 heterocycles. The summed E-state index contributed by atoms with van der Waals surface area (Å²) < 4.78 is 1.57. The molecule has 2 amide bonds. The number of carbonyl (C=O) groups excluding carboxylic acids is 2. The summed E-state index contributed by atoms with van der Waals surface area (Å²) in [7, 11) is 0. The third kappa shape index (κ3) is 4.14. The van der Waals surface area contributed by atoms with Crippen molar-refractivity contribution in [3.05, 3.63) is 88.8 Å². The second-order valence-electron chi connectivity index (χ2n) is 8.74. The molecule has 0 saturated carbocycles. The number of amides is 2. The predicted molar refractivity (Wildman–Crippen MR) is 140 cm³/mol. The summed E-state index contributed by atoms with van der Waals surface area (Å²) >= 11 is 1.37. The van der Waals surface area contributed by atoms with Crippen molar-refractivity contribution in [3.8, 4) is 11.3 Å². The molecule has 1 N–H and O–H groups in total. The van der Waals surface area contributed by atoms with Crippen LogP contribution in [-0.4, -0.2) is 38.3 Å². The van der Waals surface area contributed by atoms with Crippen LogP contribution in [0.5, 0.6) is 0 Å². The maximum atomic E-state index is 13.1. The van der Waals surface area contributed by atoms with Crippen LogP contribution < -0.4 is 10.2 Å². The van der Waals surface area contributed by atoms with Crippen molar-refractivity contribution < 1.29 is 9.59 Å². The van der Waals surface area contributed by atoms with Gasteiger partial charge in [-0.2, -0.15) is 0 Å². The Bertz CT molecular complexity index is 1620. The number of thiazole rings is 1. The van der Waals surface area contributed by atoms with Gasteiger partial charge in [0.25, 0.3) is 5.91 Å². The highest BCUT2D eigenvalue weighted by Gasteiger charge is 2.26. The quantitative estimate of drug-likeness (QED) is 0.382. The molecule has 3 aromatic carbocycles. The lowest BCUT2D eigenvalue weighted by Crippen LogP contribution is -2.28. The van der Waals surface area contributed by atoms with Crippen molar-refractivity contribution in [2.24, 2.45) is 0 Å².